The molecule has 0 aliphatic heterocycles. The molecule has 1 aromatic rings. The maximum Gasteiger partial charge on any atom is 0.0773 e. The van der Waals surface area contributed by atoms with E-state index in [1.54, 1.807) is 0 Å². The van der Waals surface area contributed by atoms with Crippen LogP contribution in [0.3, 0.4) is 0 Å². The third-order valence-electron chi connectivity index (χ3n) is 1.46. The molecular formula is C8H10Si2. The normalized spacial score (nSPS) is 9.80. The van der Waals surface area contributed by atoms with Crippen molar-refractivity contribution in [1.29, 1.82) is 0 Å². The molecule has 1 rings (SSSR count). The maximum absolute atomic E-state index is 2.23. The molecule has 1 aromatic carbocycles. The van der Waals surface area contributed by atoms with Crippen LogP contribution in [-0.4, -0.2) is 19.0 Å². The Hall–Kier alpha value is -0.346. The summed E-state index contributed by atoms with van der Waals surface area (Å²) in [6, 6.07) is 8.91. The Balaban J connectivity index is 2.80. The van der Waals surface area contributed by atoms with Crippen LogP contribution in [0.1, 0.15) is 0 Å². The molecule has 0 amide bonds. The molecule has 0 atom stereocenters. The Bertz CT molecular complexity index is 168. The van der Waals surface area contributed by atoms with Crippen LogP contribution in [0.2, 0.25) is 13.1 Å². The fraction of sp³-hybridized carbons (Fsp3) is 0.250. The first kappa shape index (κ1) is 7.76. The zero-order chi connectivity index (χ0) is 7.40. The fourth-order valence-corrected chi connectivity index (χ4v) is 1.80. The number of hydrogen-bond acceptors (Lipinski definition) is 0. The highest BCUT2D eigenvalue weighted by atomic mass is 28.2. The Morgan fingerprint density at radius 1 is 0.800 bits per heavy atom. The highest BCUT2D eigenvalue weighted by Gasteiger charge is 1.89. The van der Waals surface area contributed by atoms with Crippen molar-refractivity contribution in [2.45, 2.75) is 13.1 Å². The van der Waals surface area contributed by atoms with Crippen molar-refractivity contribution in [2.24, 2.45) is 0 Å². The second kappa shape index (κ2) is 3.73. The molecule has 0 heterocycles. The summed E-state index contributed by atoms with van der Waals surface area (Å²) in [7, 11) is 1.86. The van der Waals surface area contributed by atoms with Gasteiger partial charge in [0.1, 0.15) is 0 Å². The van der Waals surface area contributed by atoms with Crippen LogP contribution in [0.4, 0.5) is 0 Å². The standard InChI is InChI=1S/C8H10Si2/c1-9-7-3-5-8(10-2)6-4-7/h3-6H,1-2H3. The van der Waals surface area contributed by atoms with Crippen LogP contribution in [0.25, 0.3) is 0 Å². The van der Waals surface area contributed by atoms with E-state index in [9.17, 15) is 0 Å². The van der Waals surface area contributed by atoms with Gasteiger partial charge in [-0.05, 0) is 0 Å². The van der Waals surface area contributed by atoms with Crippen LogP contribution in [0.5, 0.6) is 0 Å². The highest BCUT2D eigenvalue weighted by molar-refractivity contribution is 6.54. The lowest BCUT2D eigenvalue weighted by atomic mass is 10.4. The largest absolute Gasteiger partial charge is 0.0773 e. The van der Waals surface area contributed by atoms with Crippen molar-refractivity contribution in [3.8, 4) is 0 Å². The van der Waals surface area contributed by atoms with Gasteiger partial charge < -0.3 is 0 Å². The topological polar surface area (TPSA) is 0 Å². The zero-order valence-electron chi connectivity index (χ0n) is 6.31. The summed E-state index contributed by atoms with van der Waals surface area (Å²) in [5.41, 5.74) is 0. The summed E-state index contributed by atoms with van der Waals surface area (Å²) in [4.78, 5) is 0. The van der Waals surface area contributed by atoms with Crippen molar-refractivity contribution in [3.05, 3.63) is 24.3 Å². The number of benzene rings is 1. The van der Waals surface area contributed by atoms with Gasteiger partial charge in [0.2, 0.25) is 0 Å². The van der Waals surface area contributed by atoms with Gasteiger partial charge in [-0.2, -0.15) is 0 Å². The fourth-order valence-electron chi connectivity index (χ4n) is 0.804. The molecule has 0 bridgehead atoms. The van der Waals surface area contributed by atoms with Crippen LogP contribution in [0.15, 0.2) is 24.3 Å². The van der Waals surface area contributed by atoms with Crippen LogP contribution < -0.4 is 10.4 Å². The Labute approximate surface area is 67.3 Å². The molecule has 0 N–H and O–H groups in total. The van der Waals surface area contributed by atoms with E-state index in [0.717, 1.165) is 19.0 Å². The average Bonchev–Trinajstić information content (AvgIpc) is 2.05. The second-order valence-corrected chi connectivity index (χ2v) is 4.23. The molecule has 0 aliphatic carbocycles. The van der Waals surface area contributed by atoms with Gasteiger partial charge in [0.05, 0.1) is 19.0 Å². The molecule has 0 saturated carbocycles. The van der Waals surface area contributed by atoms with Gasteiger partial charge in [-0.3, -0.25) is 0 Å². The minimum atomic E-state index is 0.931. The molecule has 0 aromatic heterocycles. The molecule has 0 unspecified atom stereocenters. The van der Waals surface area contributed by atoms with Crippen LogP contribution in [-0.2, 0) is 0 Å². The first-order valence-electron chi connectivity index (χ1n) is 3.32. The van der Waals surface area contributed by atoms with Crippen molar-refractivity contribution in [3.63, 3.8) is 0 Å². The Kier molecular flexibility index (Phi) is 2.90. The predicted molar refractivity (Wildman–Crippen MR) is 48.9 cm³/mol. The molecule has 10 heavy (non-hydrogen) atoms. The van der Waals surface area contributed by atoms with Crippen LogP contribution in [0, 0.1) is 0 Å². The lowest BCUT2D eigenvalue weighted by Crippen LogP contribution is -2.16. The van der Waals surface area contributed by atoms with E-state index in [0.29, 0.717) is 0 Å². The molecule has 2 heteroatoms. The summed E-state index contributed by atoms with van der Waals surface area (Å²) < 4.78 is 0. The van der Waals surface area contributed by atoms with Crippen molar-refractivity contribution >= 4 is 29.4 Å². The van der Waals surface area contributed by atoms with E-state index < -0.39 is 0 Å². The Morgan fingerprint density at radius 3 is 1.30 bits per heavy atom. The summed E-state index contributed by atoms with van der Waals surface area (Å²) in [6.45, 7) is 4.42. The predicted octanol–water partition coefficient (Wildman–Crippen LogP) is 0.442. The number of hydrogen-bond donors (Lipinski definition) is 0. The van der Waals surface area contributed by atoms with Crippen molar-refractivity contribution < 1.29 is 0 Å². The monoisotopic (exact) mass is 162 g/mol. The van der Waals surface area contributed by atoms with E-state index in [1.807, 2.05) is 0 Å². The first-order valence-corrected chi connectivity index (χ1v) is 6.32. The second-order valence-electron chi connectivity index (χ2n) is 2.08. The SMILES string of the molecule is C[Si]c1ccc([Si]C)cc1. The number of rotatable bonds is 2. The van der Waals surface area contributed by atoms with E-state index in [1.165, 1.54) is 10.4 Å². The first-order chi connectivity index (χ1) is 4.86. The minimum absolute atomic E-state index is 0.931. The van der Waals surface area contributed by atoms with Gasteiger partial charge in [0.15, 0.2) is 0 Å². The minimum Gasteiger partial charge on any atom is -0.0688 e. The third-order valence-corrected chi connectivity index (χ3v) is 3.28. The molecule has 0 saturated heterocycles. The van der Waals surface area contributed by atoms with Crippen molar-refractivity contribution in [2.75, 3.05) is 0 Å². The molecule has 4 radical (unpaired) electrons. The highest BCUT2D eigenvalue weighted by Crippen LogP contribution is 1.78. The quantitative estimate of drug-likeness (QED) is 0.554. The van der Waals surface area contributed by atoms with Gasteiger partial charge in [0, 0.05) is 0 Å². The molecule has 50 valence electrons. The summed E-state index contributed by atoms with van der Waals surface area (Å²) >= 11 is 0. The summed E-state index contributed by atoms with van der Waals surface area (Å²) in [6.07, 6.45) is 0. The van der Waals surface area contributed by atoms with E-state index in [-0.39, 0.29) is 0 Å². The van der Waals surface area contributed by atoms with Crippen LogP contribution >= 0.6 is 0 Å². The van der Waals surface area contributed by atoms with Gasteiger partial charge in [-0.25, -0.2) is 0 Å². The maximum atomic E-state index is 2.23. The van der Waals surface area contributed by atoms with E-state index in [4.69, 9.17) is 0 Å². The molecule has 0 aliphatic rings. The average molecular weight is 162 g/mol. The summed E-state index contributed by atoms with van der Waals surface area (Å²) in [5, 5.41) is 2.92. The molecule has 0 nitrogen and oxygen atoms in total. The van der Waals surface area contributed by atoms with Gasteiger partial charge in [0.25, 0.3) is 0 Å². The smallest absolute Gasteiger partial charge is 0.0688 e. The lowest BCUT2D eigenvalue weighted by molar-refractivity contribution is 1.82. The third kappa shape index (κ3) is 1.82. The Morgan fingerprint density at radius 2 is 1.10 bits per heavy atom. The van der Waals surface area contributed by atoms with E-state index in [2.05, 4.69) is 37.4 Å². The molecular weight excluding hydrogens is 152 g/mol. The van der Waals surface area contributed by atoms with E-state index >= 15 is 0 Å². The molecule has 0 fully saturated rings. The van der Waals surface area contributed by atoms with Crippen molar-refractivity contribution in [1.82, 2.24) is 0 Å². The lowest BCUT2D eigenvalue weighted by Gasteiger charge is -1.96. The zero-order valence-corrected chi connectivity index (χ0v) is 8.31. The van der Waals surface area contributed by atoms with Gasteiger partial charge in [-0.15, -0.1) is 0 Å². The van der Waals surface area contributed by atoms with Gasteiger partial charge >= 0.3 is 0 Å². The van der Waals surface area contributed by atoms with Gasteiger partial charge in [-0.1, -0.05) is 47.7 Å². The summed E-state index contributed by atoms with van der Waals surface area (Å²) in [5.74, 6) is 0. The molecule has 0 spiro atoms.